The molecule has 0 saturated carbocycles. The van der Waals surface area contributed by atoms with Crippen LogP contribution in [0.25, 0.3) is 0 Å². The fraction of sp³-hybridized carbons (Fsp3) is 0.286. The maximum absolute atomic E-state index is 11.2. The molecule has 0 fully saturated rings. The maximum atomic E-state index is 11.2. The molecule has 0 aliphatic heterocycles. The molecule has 1 rings (SSSR count). The third-order valence-electron chi connectivity index (χ3n) is 2.35. The zero-order chi connectivity index (χ0) is 14.3. The number of nitrogens with one attached hydrogen (secondary N) is 2. The first-order valence-corrected chi connectivity index (χ1v) is 6.04. The van der Waals surface area contributed by atoms with Crippen LogP contribution in [0.4, 0.5) is 16.2 Å². The Morgan fingerprint density at radius 1 is 1.26 bits per heavy atom. The minimum atomic E-state index is -0.449. The second kappa shape index (κ2) is 7.20. The van der Waals surface area contributed by atoms with E-state index >= 15 is 0 Å². The van der Waals surface area contributed by atoms with Gasteiger partial charge in [-0.25, -0.2) is 10.1 Å². The highest BCUT2D eigenvalue weighted by Gasteiger charge is 2.06. The number of carbonyl (C=O) groups excluding carboxylic acids is 1. The number of benzene rings is 1. The fourth-order valence-electron chi connectivity index (χ4n) is 1.42. The normalized spacial score (nSPS) is 9.42. The van der Waals surface area contributed by atoms with Gasteiger partial charge in [-0.2, -0.15) is 0 Å². The molecule has 0 radical (unpaired) electrons. The number of amides is 1. The van der Waals surface area contributed by atoms with Crippen molar-refractivity contribution in [1.29, 1.82) is 0 Å². The Kier molecular flexibility index (Phi) is 5.60. The molecule has 102 valence electrons. The summed E-state index contributed by atoms with van der Waals surface area (Å²) in [6, 6.07) is 7.34. The zero-order valence-electron chi connectivity index (χ0n) is 11.6. The lowest BCUT2D eigenvalue weighted by atomic mass is 10.2. The highest BCUT2D eigenvalue weighted by atomic mass is 16.5. The first-order chi connectivity index (χ1) is 9.06. The summed E-state index contributed by atoms with van der Waals surface area (Å²) in [7, 11) is 3.86. The van der Waals surface area contributed by atoms with E-state index in [1.807, 2.05) is 30.8 Å². The summed E-state index contributed by atoms with van der Waals surface area (Å²) in [4.78, 5) is 11.2. The molecule has 0 aromatic heterocycles. The lowest BCUT2D eigenvalue weighted by molar-refractivity contribution is -0.463. The highest BCUT2D eigenvalue weighted by molar-refractivity contribution is 6.00. The molecule has 0 spiro atoms. The number of amidine groups is 1. The molecule has 5 nitrogen and oxygen atoms in total. The van der Waals surface area contributed by atoms with Crippen molar-refractivity contribution in [2.75, 3.05) is 31.3 Å². The SMILES string of the molecule is C=CC(Nc1ccc(NC(=O)OCC)cc1)=[N+](C)C. The van der Waals surface area contributed by atoms with Crippen LogP contribution in [0, 0.1) is 0 Å². The van der Waals surface area contributed by atoms with Crippen molar-refractivity contribution < 1.29 is 14.1 Å². The molecule has 1 amide bonds. The van der Waals surface area contributed by atoms with Gasteiger partial charge in [-0.1, -0.05) is 6.58 Å². The molecule has 0 bridgehead atoms. The van der Waals surface area contributed by atoms with Crippen LogP contribution in [0.3, 0.4) is 0 Å². The van der Waals surface area contributed by atoms with Crippen LogP contribution >= 0.6 is 0 Å². The summed E-state index contributed by atoms with van der Waals surface area (Å²) in [5.41, 5.74) is 1.60. The Labute approximate surface area is 113 Å². The summed E-state index contributed by atoms with van der Waals surface area (Å²) in [6.45, 7) is 5.86. The molecule has 0 heterocycles. The molecule has 0 aliphatic rings. The summed E-state index contributed by atoms with van der Waals surface area (Å²) in [5.74, 6) is 0.895. The second-order valence-corrected chi connectivity index (χ2v) is 4.03. The van der Waals surface area contributed by atoms with Gasteiger partial charge in [-0.15, -0.1) is 0 Å². The van der Waals surface area contributed by atoms with Crippen molar-refractivity contribution in [2.45, 2.75) is 6.92 Å². The third-order valence-corrected chi connectivity index (χ3v) is 2.35. The van der Waals surface area contributed by atoms with Crippen molar-refractivity contribution in [2.24, 2.45) is 0 Å². The van der Waals surface area contributed by atoms with E-state index in [1.54, 1.807) is 25.1 Å². The lowest BCUT2D eigenvalue weighted by Crippen LogP contribution is -2.19. The number of ether oxygens (including phenoxy) is 1. The summed E-state index contributed by atoms with van der Waals surface area (Å²) >= 11 is 0. The van der Waals surface area contributed by atoms with Gasteiger partial charge in [0.2, 0.25) is 0 Å². The van der Waals surface area contributed by atoms with Gasteiger partial charge in [0.05, 0.1) is 20.7 Å². The number of carbonyl (C=O) groups is 1. The number of rotatable bonds is 4. The molecule has 5 heteroatoms. The summed E-state index contributed by atoms with van der Waals surface area (Å²) in [6.07, 6.45) is 1.29. The minimum absolute atomic E-state index is 0.353. The molecule has 1 aromatic rings. The van der Waals surface area contributed by atoms with Crippen LogP contribution in [-0.4, -0.2) is 37.2 Å². The standard InChI is InChI=1S/C14H19N3O2/c1-5-13(17(3)4)15-11-7-9-12(10-8-11)16-14(18)19-6-2/h5,7-10H,1,6H2,2-4H3,(H,16,18)/p+1. The number of nitrogens with zero attached hydrogens (tertiary/aromatic N) is 1. The van der Waals surface area contributed by atoms with Crippen LogP contribution in [0.1, 0.15) is 6.92 Å². The Morgan fingerprint density at radius 3 is 2.21 bits per heavy atom. The van der Waals surface area contributed by atoms with E-state index in [9.17, 15) is 4.79 Å². The van der Waals surface area contributed by atoms with Gasteiger partial charge in [0.15, 0.2) is 0 Å². The Morgan fingerprint density at radius 2 is 1.79 bits per heavy atom. The lowest BCUT2D eigenvalue weighted by Gasteiger charge is -2.06. The summed E-state index contributed by atoms with van der Waals surface area (Å²) < 4.78 is 6.73. The van der Waals surface area contributed by atoms with Crippen molar-refractivity contribution >= 4 is 23.3 Å². The predicted octanol–water partition coefficient (Wildman–Crippen LogP) is 2.52. The van der Waals surface area contributed by atoms with E-state index in [4.69, 9.17) is 4.74 Å². The molecule has 1 aromatic carbocycles. The second-order valence-electron chi connectivity index (χ2n) is 4.03. The van der Waals surface area contributed by atoms with Crippen LogP contribution in [-0.2, 0) is 4.74 Å². The van der Waals surface area contributed by atoms with Crippen molar-refractivity contribution in [3.05, 3.63) is 36.9 Å². The van der Waals surface area contributed by atoms with Gasteiger partial charge in [-0.3, -0.25) is 9.89 Å². The minimum Gasteiger partial charge on any atom is -0.450 e. The van der Waals surface area contributed by atoms with E-state index in [-0.39, 0.29) is 0 Å². The van der Waals surface area contributed by atoms with Gasteiger partial charge < -0.3 is 4.74 Å². The molecular weight excluding hydrogens is 242 g/mol. The van der Waals surface area contributed by atoms with E-state index < -0.39 is 6.09 Å². The van der Waals surface area contributed by atoms with Crippen molar-refractivity contribution in [3.63, 3.8) is 0 Å². The van der Waals surface area contributed by atoms with Gasteiger partial charge in [0.1, 0.15) is 5.69 Å². The molecule has 2 N–H and O–H groups in total. The predicted molar refractivity (Wildman–Crippen MR) is 78.0 cm³/mol. The monoisotopic (exact) mass is 262 g/mol. The highest BCUT2D eigenvalue weighted by Crippen LogP contribution is 2.13. The van der Waals surface area contributed by atoms with E-state index in [0.29, 0.717) is 12.3 Å². The Hall–Kier alpha value is -2.30. The Balaban J connectivity index is 2.69. The molecule has 0 saturated heterocycles. The van der Waals surface area contributed by atoms with E-state index in [1.165, 1.54) is 0 Å². The Bertz CT molecular complexity index is 474. The first-order valence-electron chi connectivity index (χ1n) is 6.04. The number of hydrogen-bond donors (Lipinski definition) is 2. The van der Waals surface area contributed by atoms with Gasteiger partial charge in [0.25, 0.3) is 5.84 Å². The van der Waals surface area contributed by atoms with Crippen LogP contribution in [0.15, 0.2) is 36.9 Å². The number of hydrogen-bond acceptors (Lipinski definition) is 2. The maximum Gasteiger partial charge on any atom is 0.411 e. The molecule has 19 heavy (non-hydrogen) atoms. The van der Waals surface area contributed by atoms with Gasteiger partial charge in [-0.05, 0) is 31.2 Å². The van der Waals surface area contributed by atoms with E-state index in [2.05, 4.69) is 17.2 Å². The smallest absolute Gasteiger partial charge is 0.411 e. The third kappa shape index (κ3) is 4.83. The average Bonchev–Trinajstić information content (AvgIpc) is 2.37. The van der Waals surface area contributed by atoms with Gasteiger partial charge in [0, 0.05) is 11.8 Å². The van der Waals surface area contributed by atoms with Crippen molar-refractivity contribution in [1.82, 2.24) is 0 Å². The average molecular weight is 262 g/mol. The zero-order valence-corrected chi connectivity index (χ0v) is 11.6. The summed E-state index contributed by atoms with van der Waals surface area (Å²) in [5, 5.41) is 5.85. The first kappa shape index (κ1) is 14.8. The van der Waals surface area contributed by atoms with Crippen LogP contribution < -0.4 is 10.6 Å². The van der Waals surface area contributed by atoms with Gasteiger partial charge >= 0.3 is 6.09 Å². The van der Waals surface area contributed by atoms with Crippen molar-refractivity contribution in [3.8, 4) is 0 Å². The number of anilines is 2. The largest absolute Gasteiger partial charge is 0.450 e. The fourth-order valence-corrected chi connectivity index (χ4v) is 1.42. The van der Waals surface area contributed by atoms with Crippen LogP contribution in [0.5, 0.6) is 0 Å². The van der Waals surface area contributed by atoms with E-state index in [0.717, 1.165) is 11.5 Å². The molecule has 0 aliphatic carbocycles. The topological polar surface area (TPSA) is 53.4 Å². The molecular formula is C14H20N3O2+. The molecule has 0 atom stereocenters. The molecule has 0 unspecified atom stereocenters. The van der Waals surface area contributed by atoms with Crippen LogP contribution in [0.2, 0.25) is 0 Å². The quantitative estimate of drug-likeness (QED) is 0.498.